The van der Waals surface area contributed by atoms with Gasteiger partial charge in [0.15, 0.2) is 0 Å². The number of aryl methyl sites for hydroxylation is 1. The molecule has 2 heterocycles. The fourth-order valence-electron chi connectivity index (χ4n) is 5.90. The Hall–Kier alpha value is -4.38. The SMILES string of the molecule is CC(C)C[C@H](NC(=O)[C@H](Cc1ccccc1)NC(=O)c1cnccn1)B1OC(=O)CN(CCCCCNC(=O)CCCc2ccc(I)cc2)CC(=O)O1. The molecule has 53 heavy (non-hydrogen) atoms. The molecule has 1 aromatic heterocycles. The lowest BCUT2D eigenvalue weighted by molar-refractivity contribution is -0.147. The van der Waals surface area contributed by atoms with E-state index in [-0.39, 0.29) is 37.0 Å². The third-order valence-electron chi connectivity index (χ3n) is 8.54. The fraction of sp³-hybridized carbons (Fsp3) is 0.447. The summed E-state index contributed by atoms with van der Waals surface area (Å²) in [5.41, 5.74) is 2.08. The monoisotopic (exact) mass is 838 g/mol. The van der Waals surface area contributed by atoms with Gasteiger partial charge in [-0.15, -0.1) is 0 Å². The minimum Gasteiger partial charge on any atom is -0.497 e. The predicted molar refractivity (Wildman–Crippen MR) is 208 cm³/mol. The van der Waals surface area contributed by atoms with E-state index in [9.17, 15) is 24.0 Å². The van der Waals surface area contributed by atoms with Gasteiger partial charge in [-0.3, -0.25) is 33.9 Å². The van der Waals surface area contributed by atoms with Gasteiger partial charge in [0.2, 0.25) is 11.8 Å². The van der Waals surface area contributed by atoms with Gasteiger partial charge in [0.05, 0.1) is 25.2 Å². The maximum Gasteiger partial charge on any atom is 0.622 e. The third kappa shape index (κ3) is 15.3. The molecule has 3 N–H and O–H groups in total. The topological polar surface area (TPSA) is 169 Å². The number of nitrogens with one attached hydrogen (secondary N) is 3. The Bertz CT molecular complexity index is 1610. The van der Waals surface area contributed by atoms with Crippen molar-refractivity contribution in [1.29, 1.82) is 0 Å². The molecule has 0 bridgehead atoms. The Morgan fingerprint density at radius 1 is 0.887 bits per heavy atom. The number of rotatable bonds is 19. The Morgan fingerprint density at radius 3 is 2.26 bits per heavy atom. The van der Waals surface area contributed by atoms with Crippen molar-refractivity contribution < 1.29 is 33.3 Å². The average molecular weight is 839 g/mol. The second kappa shape index (κ2) is 22.0. The van der Waals surface area contributed by atoms with Crippen LogP contribution < -0.4 is 16.0 Å². The molecule has 282 valence electrons. The van der Waals surface area contributed by atoms with Crippen molar-refractivity contribution in [1.82, 2.24) is 30.8 Å². The first-order chi connectivity index (χ1) is 25.5. The van der Waals surface area contributed by atoms with Gasteiger partial charge in [-0.1, -0.05) is 62.7 Å². The summed E-state index contributed by atoms with van der Waals surface area (Å²) in [5, 5.41) is 8.60. The van der Waals surface area contributed by atoms with Crippen LogP contribution in [0.5, 0.6) is 0 Å². The molecule has 2 aromatic carbocycles. The summed E-state index contributed by atoms with van der Waals surface area (Å²) in [5.74, 6) is -3.08. The number of nitrogens with zero attached hydrogens (tertiary/aromatic N) is 3. The number of hydrogen-bond acceptors (Lipinski definition) is 10. The van der Waals surface area contributed by atoms with E-state index in [1.807, 2.05) is 44.2 Å². The Balaban J connectivity index is 1.25. The van der Waals surface area contributed by atoms with Crippen LogP contribution in [-0.4, -0.2) is 89.8 Å². The van der Waals surface area contributed by atoms with Gasteiger partial charge in [0.25, 0.3) is 5.91 Å². The molecule has 15 heteroatoms. The van der Waals surface area contributed by atoms with Crippen molar-refractivity contribution >= 4 is 59.4 Å². The van der Waals surface area contributed by atoms with E-state index >= 15 is 0 Å². The summed E-state index contributed by atoms with van der Waals surface area (Å²) in [4.78, 5) is 74.7. The molecule has 1 fully saturated rings. The minimum atomic E-state index is -1.35. The number of aromatic nitrogens is 2. The van der Waals surface area contributed by atoms with E-state index in [1.54, 1.807) is 4.90 Å². The molecule has 3 aromatic rings. The highest BCUT2D eigenvalue weighted by Gasteiger charge is 2.42. The molecular formula is C38H48BIN6O7. The Morgan fingerprint density at radius 2 is 1.60 bits per heavy atom. The number of halogens is 1. The van der Waals surface area contributed by atoms with Crippen molar-refractivity contribution in [3.05, 3.63) is 93.6 Å². The number of amides is 3. The zero-order valence-electron chi connectivity index (χ0n) is 30.3. The van der Waals surface area contributed by atoms with Gasteiger partial charge in [-0.25, -0.2) is 4.98 Å². The van der Waals surface area contributed by atoms with E-state index in [1.165, 1.54) is 27.7 Å². The second-order valence-electron chi connectivity index (χ2n) is 13.5. The van der Waals surface area contributed by atoms with Crippen molar-refractivity contribution in [2.45, 2.75) is 77.2 Å². The van der Waals surface area contributed by atoms with Crippen LogP contribution in [0.15, 0.2) is 73.2 Å². The van der Waals surface area contributed by atoms with Crippen LogP contribution in [0.25, 0.3) is 0 Å². The van der Waals surface area contributed by atoms with Gasteiger partial charge in [-0.2, -0.15) is 0 Å². The van der Waals surface area contributed by atoms with Crippen LogP contribution in [0.2, 0.25) is 0 Å². The van der Waals surface area contributed by atoms with Crippen molar-refractivity contribution in [3.63, 3.8) is 0 Å². The van der Waals surface area contributed by atoms with Crippen molar-refractivity contribution in [2.75, 3.05) is 26.2 Å². The van der Waals surface area contributed by atoms with Crippen LogP contribution in [0, 0.1) is 9.49 Å². The molecule has 0 spiro atoms. The summed E-state index contributed by atoms with van der Waals surface area (Å²) >= 11 is 2.27. The van der Waals surface area contributed by atoms with E-state index in [0.29, 0.717) is 32.4 Å². The van der Waals surface area contributed by atoms with Gasteiger partial charge >= 0.3 is 19.1 Å². The maximum atomic E-state index is 13.8. The second-order valence-corrected chi connectivity index (χ2v) is 14.7. The molecule has 4 rings (SSSR count). The first kappa shape index (κ1) is 41.4. The van der Waals surface area contributed by atoms with E-state index in [4.69, 9.17) is 9.31 Å². The molecule has 0 saturated carbocycles. The zero-order valence-corrected chi connectivity index (χ0v) is 32.5. The smallest absolute Gasteiger partial charge is 0.497 e. The van der Waals surface area contributed by atoms with Gasteiger partial charge in [0, 0.05) is 35.4 Å². The van der Waals surface area contributed by atoms with Crippen LogP contribution in [-0.2, 0) is 41.3 Å². The summed E-state index contributed by atoms with van der Waals surface area (Å²) in [6.45, 7) is 4.67. The molecule has 3 amide bonds. The standard InChI is InChI=1S/C38H48BIN6O7/c1-27(2)22-33(45-37(50)31(23-29-10-5-3-6-11-29)44-38(51)32-24-41-19-20-42-32)39-52-35(48)25-46(26-36(49)53-39)21-8-4-7-18-43-34(47)13-9-12-28-14-16-30(40)17-15-28/h3,5-6,10-11,14-17,19-20,24,27,31,33H,4,7-9,12-13,18,21-23,25-26H2,1-2H3,(H,43,47)(H,44,51)(H,45,50)/t31-,33-/m0/s1. The maximum absolute atomic E-state index is 13.8. The summed E-state index contributed by atoms with van der Waals surface area (Å²) in [6.07, 6.45) is 9.04. The Kier molecular flexibility index (Phi) is 17.2. The number of hydrogen-bond donors (Lipinski definition) is 3. The van der Waals surface area contributed by atoms with Crippen molar-refractivity contribution in [2.24, 2.45) is 5.92 Å². The highest BCUT2D eigenvalue weighted by atomic mass is 127. The Labute approximate surface area is 325 Å². The molecule has 0 aliphatic carbocycles. The van der Waals surface area contributed by atoms with E-state index in [0.717, 1.165) is 31.2 Å². The zero-order chi connectivity index (χ0) is 38.0. The molecule has 2 atom stereocenters. The number of unbranched alkanes of at least 4 members (excludes halogenated alkanes) is 2. The van der Waals surface area contributed by atoms with Crippen LogP contribution >= 0.6 is 22.6 Å². The third-order valence-corrected chi connectivity index (χ3v) is 9.26. The first-order valence-corrected chi connectivity index (χ1v) is 19.2. The molecular weight excluding hydrogens is 790 g/mol. The quantitative estimate of drug-likeness (QED) is 0.0921. The molecule has 0 unspecified atom stereocenters. The predicted octanol–water partition coefficient (Wildman–Crippen LogP) is 3.69. The van der Waals surface area contributed by atoms with Gasteiger partial charge in [-0.05, 0) is 90.4 Å². The van der Waals surface area contributed by atoms with Crippen LogP contribution in [0.3, 0.4) is 0 Å². The normalized spacial score (nSPS) is 14.7. The van der Waals surface area contributed by atoms with Crippen molar-refractivity contribution in [3.8, 4) is 0 Å². The highest BCUT2D eigenvalue weighted by Crippen LogP contribution is 2.15. The largest absolute Gasteiger partial charge is 0.622 e. The van der Waals surface area contributed by atoms with Crippen LogP contribution in [0.1, 0.15) is 74.0 Å². The summed E-state index contributed by atoms with van der Waals surface area (Å²) in [7, 11) is -1.35. The lowest BCUT2D eigenvalue weighted by atomic mass is 9.73. The number of carbonyl (C=O) groups is 5. The lowest BCUT2D eigenvalue weighted by Gasteiger charge is -2.30. The lowest BCUT2D eigenvalue weighted by Crippen LogP contribution is -2.58. The number of carbonyl (C=O) groups excluding carboxylic acids is 5. The minimum absolute atomic E-state index is 0.0320. The molecule has 13 nitrogen and oxygen atoms in total. The number of benzene rings is 2. The van der Waals surface area contributed by atoms with Crippen LogP contribution in [0.4, 0.5) is 0 Å². The first-order valence-electron chi connectivity index (χ1n) is 18.1. The molecule has 0 radical (unpaired) electrons. The summed E-state index contributed by atoms with van der Waals surface area (Å²) < 4.78 is 12.5. The molecule has 1 saturated heterocycles. The van der Waals surface area contributed by atoms with E-state index in [2.05, 4.69) is 72.8 Å². The highest BCUT2D eigenvalue weighted by molar-refractivity contribution is 14.1. The van der Waals surface area contributed by atoms with Gasteiger partial charge in [0.1, 0.15) is 11.7 Å². The van der Waals surface area contributed by atoms with E-state index < -0.39 is 42.9 Å². The average Bonchev–Trinajstić information content (AvgIpc) is 3.12. The molecule has 1 aliphatic heterocycles. The fourth-order valence-corrected chi connectivity index (χ4v) is 6.26. The van der Waals surface area contributed by atoms with Gasteiger partial charge < -0.3 is 25.3 Å². The molecule has 1 aliphatic rings. The summed E-state index contributed by atoms with van der Waals surface area (Å²) in [6, 6.07) is 16.5.